The van der Waals surface area contributed by atoms with Crippen LogP contribution in [0.1, 0.15) is 44.6 Å². The molecule has 1 rings (SSSR count). The predicted octanol–water partition coefficient (Wildman–Crippen LogP) is 2.09. The molecule has 1 aromatic heterocycles. The maximum atomic E-state index is 9.11. The summed E-state index contributed by atoms with van der Waals surface area (Å²) in [5.74, 6) is 1.72. The largest absolute Gasteiger partial charge is 0.396 e. The molecule has 0 aliphatic heterocycles. The number of rotatable bonds is 5. The van der Waals surface area contributed by atoms with Crippen molar-refractivity contribution in [2.24, 2.45) is 5.92 Å². The van der Waals surface area contributed by atoms with Gasteiger partial charge in [-0.15, -0.1) is 0 Å². The third kappa shape index (κ3) is 2.84. The van der Waals surface area contributed by atoms with Gasteiger partial charge in [0, 0.05) is 17.8 Å². The fraction of sp³-hybridized carbons (Fsp3) is 0.727. The second-order valence-electron chi connectivity index (χ2n) is 4.18. The Kier molecular flexibility index (Phi) is 4.14. The number of hydrogen-bond donors (Lipinski definition) is 2. The molecule has 0 aliphatic rings. The van der Waals surface area contributed by atoms with Crippen LogP contribution in [-0.4, -0.2) is 21.7 Å². The first-order valence-corrected chi connectivity index (χ1v) is 5.32. The van der Waals surface area contributed by atoms with Crippen LogP contribution < -0.4 is 0 Å². The van der Waals surface area contributed by atoms with Gasteiger partial charge in [-0.2, -0.15) is 0 Å². The Balaban J connectivity index is 2.66. The monoisotopic (exact) mass is 196 g/mol. The molecule has 0 saturated heterocycles. The Labute approximate surface area is 85.6 Å². The second kappa shape index (κ2) is 5.15. The van der Waals surface area contributed by atoms with Gasteiger partial charge in [0.1, 0.15) is 5.82 Å². The quantitative estimate of drug-likeness (QED) is 0.757. The Morgan fingerprint density at radius 2 is 2.21 bits per heavy atom. The number of nitrogens with zero attached hydrogens (tertiary/aromatic N) is 1. The van der Waals surface area contributed by atoms with E-state index < -0.39 is 0 Å². The van der Waals surface area contributed by atoms with E-state index in [1.54, 1.807) is 0 Å². The van der Waals surface area contributed by atoms with Gasteiger partial charge in [-0.1, -0.05) is 20.8 Å². The Morgan fingerprint density at radius 1 is 1.50 bits per heavy atom. The van der Waals surface area contributed by atoms with E-state index in [9.17, 15) is 0 Å². The van der Waals surface area contributed by atoms with Crippen molar-refractivity contribution in [2.75, 3.05) is 6.61 Å². The van der Waals surface area contributed by atoms with Crippen LogP contribution in [0.2, 0.25) is 0 Å². The normalized spacial score (nSPS) is 13.5. The van der Waals surface area contributed by atoms with Gasteiger partial charge in [-0.25, -0.2) is 4.98 Å². The van der Waals surface area contributed by atoms with E-state index >= 15 is 0 Å². The lowest BCUT2D eigenvalue weighted by atomic mass is 10.1. The van der Waals surface area contributed by atoms with Gasteiger partial charge < -0.3 is 10.1 Å². The summed E-state index contributed by atoms with van der Waals surface area (Å²) in [5, 5.41) is 9.11. The van der Waals surface area contributed by atoms with E-state index in [2.05, 4.69) is 30.7 Å². The van der Waals surface area contributed by atoms with Crippen molar-refractivity contribution < 1.29 is 5.11 Å². The number of nitrogens with one attached hydrogen (secondary N) is 1. The molecule has 1 heterocycles. The third-order valence-electron chi connectivity index (χ3n) is 2.38. The van der Waals surface area contributed by atoms with Gasteiger partial charge >= 0.3 is 0 Å². The van der Waals surface area contributed by atoms with Gasteiger partial charge in [0.25, 0.3) is 0 Å². The van der Waals surface area contributed by atoms with Crippen molar-refractivity contribution in [2.45, 2.75) is 39.5 Å². The number of aromatic nitrogens is 2. The van der Waals surface area contributed by atoms with Gasteiger partial charge in [0.2, 0.25) is 0 Å². The van der Waals surface area contributed by atoms with Crippen molar-refractivity contribution in [3.8, 4) is 0 Å². The number of imidazole rings is 1. The minimum Gasteiger partial charge on any atom is -0.396 e. The molecule has 80 valence electrons. The fourth-order valence-corrected chi connectivity index (χ4v) is 1.54. The van der Waals surface area contributed by atoms with Gasteiger partial charge in [0.15, 0.2) is 0 Å². The topological polar surface area (TPSA) is 48.9 Å². The van der Waals surface area contributed by atoms with E-state index in [-0.39, 0.29) is 12.5 Å². The maximum absolute atomic E-state index is 9.11. The molecule has 14 heavy (non-hydrogen) atoms. The number of hydrogen-bond acceptors (Lipinski definition) is 2. The van der Waals surface area contributed by atoms with E-state index in [0.29, 0.717) is 5.92 Å². The first-order valence-electron chi connectivity index (χ1n) is 5.32. The summed E-state index contributed by atoms with van der Waals surface area (Å²) in [7, 11) is 0. The fourth-order valence-electron chi connectivity index (χ4n) is 1.54. The van der Waals surface area contributed by atoms with E-state index in [4.69, 9.17) is 5.11 Å². The first kappa shape index (κ1) is 11.2. The minimum absolute atomic E-state index is 0.163. The zero-order chi connectivity index (χ0) is 10.6. The zero-order valence-electron chi connectivity index (χ0n) is 9.25. The van der Waals surface area contributed by atoms with Crippen molar-refractivity contribution in [1.29, 1.82) is 0 Å². The number of aromatic amines is 1. The molecule has 1 unspecified atom stereocenters. The smallest absolute Gasteiger partial charge is 0.111 e. The summed E-state index contributed by atoms with van der Waals surface area (Å²) < 4.78 is 0. The van der Waals surface area contributed by atoms with Crippen molar-refractivity contribution >= 4 is 0 Å². The number of aliphatic hydroxyl groups is 1. The Hall–Kier alpha value is -0.830. The lowest BCUT2D eigenvalue weighted by Gasteiger charge is -2.07. The molecular weight excluding hydrogens is 176 g/mol. The van der Waals surface area contributed by atoms with Crippen LogP contribution in [0.3, 0.4) is 0 Å². The standard InChI is InChI=1S/C11H20N2O/c1-4-9(7-14)11-12-6-10(13-11)5-8(2)3/h6,8-9,14H,4-5,7H2,1-3H3,(H,12,13). The molecule has 1 aromatic rings. The first-order chi connectivity index (χ1) is 6.67. The second-order valence-corrected chi connectivity index (χ2v) is 4.18. The van der Waals surface area contributed by atoms with Crippen molar-refractivity contribution in [3.63, 3.8) is 0 Å². The Morgan fingerprint density at radius 3 is 2.71 bits per heavy atom. The molecule has 3 nitrogen and oxygen atoms in total. The van der Waals surface area contributed by atoms with Crippen molar-refractivity contribution in [3.05, 3.63) is 17.7 Å². The molecule has 0 radical (unpaired) electrons. The molecule has 3 heteroatoms. The zero-order valence-corrected chi connectivity index (χ0v) is 9.25. The average molecular weight is 196 g/mol. The van der Waals surface area contributed by atoms with Gasteiger partial charge in [-0.3, -0.25) is 0 Å². The highest BCUT2D eigenvalue weighted by Gasteiger charge is 2.11. The van der Waals surface area contributed by atoms with E-state index in [1.807, 2.05) is 6.20 Å². The van der Waals surface area contributed by atoms with Crippen LogP contribution in [0, 0.1) is 5.92 Å². The third-order valence-corrected chi connectivity index (χ3v) is 2.38. The SMILES string of the molecule is CCC(CO)c1ncc(CC(C)C)[nH]1. The lowest BCUT2D eigenvalue weighted by molar-refractivity contribution is 0.258. The number of aliphatic hydroxyl groups excluding tert-OH is 1. The number of H-pyrrole nitrogens is 1. The summed E-state index contributed by atoms with van der Waals surface area (Å²) in [6.45, 7) is 6.60. The predicted molar refractivity (Wildman–Crippen MR) is 57.2 cm³/mol. The van der Waals surface area contributed by atoms with Crippen LogP contribution in [0.25, 0.3) is 0 Å². The summed E-state index contributed by atoms with van der Waals surface area (Å²) in [5.41, 5.74) is 1.17. The highest BCUT2D eigenvalue weighted by molar-refractivity contribution is 5.06. The van der Waals surface area contributed by atoms with Crippen LogP contribution in [0.15, 0.2) is 6.20 Å². The molecule has 0 fully saturated rings. The maximum Gasteiger partial charge on any atom is 0.111 e. The van der Waals surface area contributed by atoms with E-state index in [0.717, 1.165) is 18.7 Å². The summed E-state index contributed by atoms with van der Waals surface area (Å²) in [6, 6.07) is 0. The van der Waals surface area contributed by atoms with Crippen LogP contribution >= 0.6 is 0 Å². The molecular formula is C11H20N2O. The van der Waals surface area contributed by atoms with Gasteiger partial charge in [-0.05, 0) is 18.8 Å². The van der Waals surface area contributed by atoms with Crippen LogP contribution in [0.4, 0.5) is 0 Å². The molecule has 0 amide bonds. The lowest BCUT2D eigenvalue weighted by Crippen LogP contribution is -2.05. The van der Waals surface area contributed by atoms with Crippen molar-refractivity contribution in [1.82, 2.24) is 9.97 Å². The molecule has 0 spiro atoms. The van der Waals surface area contributed by atoms with Crippen LogP contribution in [0.5, 0.6) is 0 Å². The summed E-state index contributed by atoms with van der Waals surface area (Å²) in [4.78, 5) is 7.57. The van der Waals surface area contributed by atoms with Crippen LogP contribution in [-0.2, 0) is 6.42 Å². The summed E-state index contributed by atoms with van der Waals surface area (Å²) in [6.07, 6.45) is 3.83. The van der Waals surface area contributed by atoms with E-state index in [1.165, 1.54) is 5.69 Å². The summed E-state index contributed by atoms with van der Waals surface area (Å²) >= 11 is 0. The highest BCUT2D eigenvalue weighted by atomic mass is 16.3. The molecule has 0 saturated carbocycles. The molecule has 0 bridgehead atoms. The molecule has 0 aromatic carbocycles. The molecule has 0 aliphatic carbocycles. The molecule has 1 atom stereocenters. The van der Waals surface area contributed by atoms with Gasteiger partial charge in [0.05, 0.1) is 6.61 Å². The molecule has 2 N–H and O–H groups in total. The minimum atomic E-state index is 0.163. The Bertz CT molecular complexity index is 264. The average Bonchev–Trinajstić information content (AvgIpc) is 2.54. The highest BCUT2D eigenvalue weighted by Crippen LogP contribution is 2.16.